The summed E-state index contributed by atoms with van der Waals surface area (Å²) >= 11 is 2.82. The maximum Gasteiger partial charge on any atom is 0.316 e. The van der Waals surface area contributed by atoms with Crippen molar-refractivity contribution in [1.82, 2.24) is 5.32 Å². The van der Waals surface area contributed by atoms with Gasteiger partial charge in [0.1, 0.15) is 5.25 Å². The standard InChI is InChI=1S/C16H17NO3S2/c1-10-7-8-12(21-10)9-17-15(18)13-5-3-4-6-14(13)22-11(2)16(19)20/h3-8,11H,9H2,1-2H3,(H,17,18)(H,19,20). The Bertz CT molecular complexity index is 682. The molecule has 1 amide bonds. The van der Waals surface area contributed by atoms with Crippen LogP contribution in [0, 0.1) is 6.92 Å². The number of carbonyl (C=O) groups excluding carboxylic acids is 1. The summed E-state index contributed by atoms with van der Waals surface area (Å²) in [4.78, 5) is 26.3. The van der Waals surface area contributed by atoms with Crippen LogP contribution in [0.4, 0.5) is 0 Å². The zero-order valence-electron chi connectivity index (χ0n) is 12.3. The molecule has 2 aromatic rings. The van der Waals surface area contributed by atoms with Crippen LogP contribution in [0.25, 0.3) is 0 Å². The summed E-state index contributed by atoms with van der Waals surface area (Å²) in [6.07, 6.45) is 0. The molecule has 1 atom stereocenters. The average molecular weight is 335 g/mol. The largest absolute Gasteiger partial charge is 0.480 e. The highest BCUT2D eigenvalue weighted by atomic mass is 32.2. The number of aryl methyl sites for hydroxylation is 1. The van der Waals surface area contributed by atoms with Gasteiger partial charge in [-0.25, -0.2) is 0 Å². The van der Waals surface area contributed by atoms with Gasteiger partial charge in [-0.1, -0.05) is 12.1 Å². The third-order valence-corrected chi connectivity index (χ3v) is 5.17. The van der Waals surface area contributed by atoms with Crippen LogP contribution in [0.5, 0.6) is 0 Å². The number of carboxylic acid groups (broad SMARTS) is 1. The molecule has 0 aliphatic rings. The summed E-state index contributed by atoms with van der Waals surface area (Å²) in [5, 5.41) is 11.3. The van der Waals surface area contributed by atoms with E-state index < -0.39 is 11.2 Å². The zero-order valence-corrected chi connectivity index (χ0v) is 14.0. The lowest BCUT2D eigenvalue weighted by Crippen LogP contribution is -2.23. The van der Waals surface area contributed by atoms with Crippen LogP contribution < -0.4 is 5.32 Å². The maximum atomic E-state index is 12.3. The summed E-state index contributed by atoms with van der Waals surface area (Å²) in [6.45, 7) is 4.11. The number of hydrogen-bond acceptors (Lipinski definition) is 4. The number of aliphatic carboxylic acids is 1. The Hall–Kier alpha value is -1.79. The molecule has 22 heavy (non-hydrogen) atoms. The van der Waals surface area contributed by atoms with Gasteiger partial charge < -0.3 is 10.4 Å². The Morgan fingerprint density at radius 2 is 2.00 bits per heavy atom. The molecule has 0 radical (unpaired) electrons. The number of carbonyl (C=O) groups is 2. The summed E-state index contributed by atoms with van der Waals surface area (Å²) in [7, 11) is 0. The Kier molecular flexibility index (Phi) is 5.63. The summed E-state index contributed by atoms with van der Waals surface area (Å²) in [6, 6.07) is 11.1. The molecule has 0 saturated carbocycles. The van der Waals surface area contributed by atoms with Crippen LogP contribution in [0.3, 0.4) is 0 Å². The molecule has 1 unspecified atom stereocenters. The molecule has 0 fully saturated rings. The molecule has 0 aliphatic carbocycles. The third kappa shape index (κ3) is 4.35. The maximum absolute atomic E-state index is 12.3. The van der Waals surface area contributed by atoms with Crippen LogP contribution in [0.2, 0.25) is 0 Å². The van der Waals surface area contributed by atoms with E-state index in [1.54, 1.807) is 42.5 Å². The average Bonchev–Trinajstić information content (AvgIpc) is 2.91. The number of benzene rings is 1. The molecular formula is C16H17NO3S2. The number of rotatable bonds is 6. The van der Waals surface area contributed by atoms with Crippen molar-refractivity contribution in [3.8, 4) is 0 Å². The lowest BCUT2D eigenvalue weighted by molar-refractivity contribution is -0.136. The van der Waals surface area contributed by atoms with Crippen molar-refractivity contribution < 1.29 is 14.7 Å². The SMILES string of the molecule is Cc1ccc(CNC(=O)c2ccccc2SC(C)C(=O)O)s1. The van der Waals surface area contributed by atoms with Crippen LogP contribution in [0.1, 0.15) is 27.0 Å². The predicted molar refractivity (Wildman–Crippen MR) is 89.6 cm³/mol. The van der Waals surface area contributed by atoms with E-state index in [1.807, 2.05) is 19.1 Å². The minimum Gasteiger partial charge on any atom is -0.480 e. The second kappa shape index (κ2) is 7.47. The number of nitrogens with one attached hydrogen (secondary N) is 1. The van der Waals surface area contributed by atoms with Crippen molar-refractivity contribution in [3.05, 3.63) is 51.7 Å². The minimum atomic E-state index is -0.894. The van der Waals surface area contributed by atoms with Crippen molar-refractivity contribution in [2.75, 3.05) is 0 Å². The normalized spacial score (nSPS) is 11.9. The van der Waals surface area contributed by atoms with Gasteiger partial charge in [0, 0.05) is 14.6 Å². The molecule has 0 bridgehead atoms. The fourth-order valence-electron chi connectivity index (χ4n) is 1.84. The molecule has 6 heteroatoms. The van der Waals surface area contributed by atoms with E-state index in [9.17, 15) is 9.59 Å². The lowest BCUT2D eigenvalue weighted by Gasteiger charge is -2.11. The van der Waals surface area contributed by atoms with Gasteiger partial charge in [0.2, 0.25) is 0 Å². The van der Waals surface area contributed by atoms with Gasteiger partial charge in [0.15, 0.2) is 0 Å². The molecule has 0 spiro atoms. The number of carboxylic acids is 1. The van der Waals surface area contributed by atoms with Gasteiger partial charge in [-0.15, -0.1) is 23.1 Å². The second-order valence-electron chi connectivity index (χ2n) is 4.79. The molecule has 1 aromatic heterocycles. The van der Waals surface area contributed by atoms with Gasteiger partial charge in [0.05, 0.1) is 12.1 Å². The number of amides is 1. The molecule has 1 aromatic carbocycles. The van der Waals surface area contributed by atoms with Gasteiger partial charge in [0.25, 0.3) is 5.91 Å². The summed E-state index contributed by atoms with van der Waals surface area (Å²) in [5.41, 5.74) is 0.508. The summed E-state index contributed by atoms with van der Waals surface area (Å²) < 4.78 is 0. The Balaban J connectivity index is 2.07. The fourth-order valence-corrected chi connectivity index (χ4v) is 3.60. The van der Waals surface area contributed by atoms with E-state index in [2.05, 4.69) is 5.32 Å². The van der Waals surface area contributed by atoms with E-state index >= 15 is 0 Å². The summed E-state index contributed by atoms with van der Waals surface area (Å²) in [5.74, 6) is -1.08. The predicted octanol–water partition coefficient (Wildman–Crippen LogP) is 3.55. The molecule has 1 heterocycles. The molecule has 116 valence electrons. The molecule has 0 saturated heterocycles. The minimum absolute atomic E-state index is 0.188. The van der Waals surface area contributed by atoms with Crippen molar-refractivity contribution in [1.29, 1.82) is 0 Å². The first-order chi connectivity index (χ1) is 10.5. The smallest absolute Gasteiger partial charge is 0.316 e. The van der Waals surface area contributed by atoms with E-state index in [-0.39, 0.29) is 5.91 Å². The highest BCUT2D eigenvalue weighted by molar-refractivity contribution is 8.00. The van der Waals surface area contributed by atoms with E-state index in [1.165, 1.54) is 16.6 Å². The van der Waals surface area contributed by atoms with Crippen molar-refractivity contribution >= 4 is 35.0 Å². The molecule has 2 N–H and O–H groups in total. The van der Waals surface area contributed by atoms with Crippen molar-refractivity contribution in [2.45, 2.75) is 30.5 Å². The van der Waals surface area contributed by atoms with Gasteiger partial charge in [-0.2, -0.15) is 0 Å². The van der Waals surface area contributed by atoms with Crippen LogP contribution in [-0.4, -0.2) is 22.2 Å². The van der Waals surface area contributed by atoms with Crippen molar-refractivity contribution in [2.24, 2.45) is 0 Å². The fraction of sp³-hybridized carbons (Fsp3) is 0.250. The zero-order chi connectivity index (χ0) is 16.1. The van der Waals surface area contributed by atoms with E-state index in [4.69, 9.17) is 5.11 Å². The monoisotopic (exact) mass is 335 g/mol. The highest BCUT2D eigenvalue weighted by Gasteiger charge is 2.17. The highest BCUT2D eigenvalue weighted by Crippen LogP contribution is 2.27. The third-order valence-electron chi connectivity index (χ3n) is 3.00. The Morgan fingerprint density at radius 1 is 1.27 bits per heavy atom. The topological polar surface area (TPSA) is 66.4 Å². The molecular weight excluding hydrogens is 318 g/mol. The van der Waals surface area contributed by atoms with Crippen LogP contribution in [-0.2, 0) is 11.3 Å². The first-order valence-electron chi connectivity index (χ1n) is 6.79. The van der Waals surface area contributed by atoms with E-state index in [0.29, 0.717) is 17.0 Å². The Morgan fingerprint density at radius 3 is 2.64 bits per heavy atom. The van der Waals surface area contributed by atoms with E-state index in [0.717, 1.165) is 4.88 Å². The van der Waals surface area contributed by atoms with Crippen LogP contribution in [0.15, 0.2) is 41.3 Å². The first kappa shape index (κ1) is 16.6. The number of hydrogen-bond donors (Lipinski definition) is 2. The molecule has 4 nitrogen and oxygen atoms in total. The lowest BCUT2D eigenvalue weighted by atomic mass is 10.2. The second-order valence-corrected chi connectivity index (χ2v) is 7.54. The van der Waals surface area contributed by atoms with Gasteiger partial charge >= 0.3 is 5.97 Å². The molecule has 0 aliphatic heterocycles. The van der Waals surface area contributed by atoms with Gasteiger partial charge in [-0.3, -0.25) is 9.59 Å². The molecule has 2 rings (SSSR count). The first-order valence-corrected chi connectivity index (χ1v) is 8.49. The van der Waals surface area contributed by atoms with Crippen LogP contribution >= 0.6 is 23.1 Å². The van der Waals surface area contributed by atoms with Gasteiger partial charge in [-0.05, 0) is 38.1 Å². The number of thioether (sulfide) groups is 1. The quantitative estimate of drug-likeness (QED) is 0.792. The number of thiophene rings is 1. The Labute approximate surface area is 137 Å². The van der Waals surface area contributed by atoms with Crippen molar-refractivity contribution in [3.63, 3.8) is 0 Å².